The summed E-state index contributed by atoms with van der Waals surface area (Å²) in [5, 5.41) is 27.3. The zero-order chi connectivity index (χ0) is 14.5. The van der Waals surface area contributed by atoms with E-state index < -0.39 is 18.1 Å². The van der Waals surface area contributed by atoms with Gasteiger partial charge >= 0.3 is 12.0 Å². The molecule has 0 saturated carbocycles. The number of carboxylic acids is 1. The predicted molar refractivity (Wildman–Crippen MR) is 64.7 cm³/mol. The van der Waals surface area contributed by atoms with Crippen molar-refractivity contribution in [3.8, 4) is 0 Å². The van der Waals surface area contributed by atoms with Gasteiger partial charge in [0, 0.05) is 6.54 Å². The molecular formula is C10H16N6O4. The molecule has 10 nitrogen and oxygen atoms in total. The predicted octanol–water partition coefficient (Wildman–Crippen LogP) is -0.808. The number of rotatable bonds is 5. The first kappa shape index (κ1) is 14.2. The third kappa shape index (κ3) is 3.63. The Labute approximate surface area is 114 Å². The molecule has 10 heteroatoms. The topological polar surface area (TPSA) is 142 Å². The number of hydrogen-bond acceptors (Lipinski definition) is 6. The number of carbonyl (C=O) groups excluding carboxylic acids is 1. The van der Waals surface area contributed by atoms with Gasteiger partial charge in [-0.05, 0) is 19.8 Å². The van der Waals surface area contributed by atoms with Crippen LogP contribution in [0.1, 0.15) is 31.6 Å². The summed E-state index contributed by atoms with van der Waals surface area (Å²) in [5.41, 5.74) is 0. The Kier molecular flexibility index (Phi) is 4.45. The number of urea groups is 1. The van der Waals surface area contributed by atoms with Gasteiger partial charge in [-0.15, -0.1) is 10.2 Å². The van der Waals surface area contributed by atoms with Gasteiger partial charge in [-0.25, -0.2) is 9.59 Å². The summed E-state index contributed by atoms with van der Waals surface area (Å²) in [4.78, 5) is 22.4. The van der Waals surface area contributed by atoms with Gasteiger partial charge in [0.05, 0.1) is 12.1 Å². The van der Waals surface area contributed by atoms with Crippen LogP contribution >= 0.6 is 0 Å². The van der Waals surface area contributed by atoms with Crippen molar-refractivity contribution in [2.75, 3.05) is 6.54 Å². The second-order valence-corrected chi connectivity index (χ2v) is 4.51. The van der Waals surface area contributed by atoms with E-state index in [9.17, 15) is 9.59 Å². The van der Waals surface area contributed by atoms with Crippen LogP contribution in [-0.2, 0) is 9.53 Å². The van der Waals surface area contributed by atoms with Crippen molar-refractivity contribution >= 4 is 12.0 Å². The zero-order valence-corrected chi connectivity index (χ0v) is 10.9. The van der Waals surface area contributed by atoms with Crippen molar-refractivity contribution < 1.29 is 19.4 Å². The molecule has 4 N–H and O–H groups in total. The molecule has 3 unspecified atom stereocenters. The number of nitrogens with one attached hydrogen (secondary N) is 3. The van der Waals surface area contributed by atoms with Gasteiger partial charge in [0.2, 0.25) is 0 Å². The number of nitrogens with zero attached hydrogens (tertiary/aromatic N) is 3. The summed E-state index contributed by atoms with van der Waals surface area (Å²) < 4.78 is 5.27. The van der Waals surface area contributed by atoms with Crippen molar-refractivity contribution in [1.82, 2.24) is 31.3 Å². The number of carbonyl (C=O) groups is 2. The minimum absolute atomic E-state index is 0.259. The number of carboxylic acid groups (broad SMARTS) is 1. The summed E-state index contributed by atoms with van der Waals surface area (Å²) in [7, 11) is 0. The van der Waals surface area contributed by atoms with Crippen molar-refractivity contribution in [2.45, 2.75) is 38.0 Å². The zero-order valence-electron chi connectivity index (χ0n) is 10.9. The van der Waals surface area contributed by atoms with Gasteiger partial charge < -0.3 is 20.5 Å². The highest BCUT2D eigenvalue weighted by Crippen LogP contribution is 2.19. The van der Waals surface area contributed by atoms with Crippen LogP contribution in [0.4, 0.5) is 4.79 Å². The lowest BCUT2D eigenvalue weighted by molar-refractivity contribution is -0.149. The Hall–Kier alpha value is -2.23. The molecule has 1 aliphatic rings. The Balaban J connectivity index is 1.69. The average Bonchev–Trinajstić information content (AvgIpc) is 3.07. The van der Waals surface area contributed by atoms with Gasteiger partial charge in [-0.3, -0.25) is 0 Å². The van der Waals surface area contributed by atoms with E-state index in [1.807, 2.05) is 0 Å². The Morgan fingerprint density at radius 2 is 2.35 bits per heavy atom. The largest absolute Gasteiger partial charge is 0.479 e. The van der Waals surface area contributed by atoms with Crippen LogP contribution in [0.2, 0.25) is 0 Å². The lowest BCUT2D eigenvalue weighted by atomic mass is 10.2. The maximum absolute atomic E-state index is 11.6. The first-order valence-electron chi connectivity index (χ1n) is 6.22. The molecule has 1 aliphatic heterocycles. The van der Waals surface area contributed by atoms with Crippen LogP contribution in [0.5, 0.6) is 0 Å². The second kappa shape index (κ2) is 6.28. The molecule has 0 aromatic carbocycles. The van der Waals surface area contributed by atoms with Crippen LogP contribution in [0.3, 0.4) is 0 Å². The summed E-state index contributed by atoms with van der Waals surface area (Å²) in [6.45, 7) is 1.98. The smallest absolute Gasteiger partial charge is 0.332 e. The second-order valence-electron chi connectivity index (χ2n) is 4.51. The van der Waals surface area contributed by atoms with E-state index in [4.69, 9.17) is 9.84 Å². The van der Waals surface area contributed by atoms with Crippen LogP contribution in [-0.4, -0.2) is 56.5 Å². The number of tetrazole rings is 1. The molecule has 2 amide bonds. The Morgan fingerprint density at radius 3 is 2.95 bits per heavy atom. The van der Waals surface area contributed by atoms with E-state index in [1.165, 1.54) is 0 Å². The molecule has 0 bridgehead atoms. The Morgan fingerprint density at radius 1 is 1.55 bits per heavy atom. The fraction of sp³-hybridized carbons (Fsp3) is 0.700. The summed E-state index contributed by atoms with van der Waals surface area (Å²) in [6.07, 6.45) is 0.0191. The molecule has 110 valence electrons. The SMILES string of the molecule is CC(NC(=O)NCC1CCC(C(=O)O)O1)c1nn[nH]n1. The third-order valence-corrected chi connectivity index (χ3v) is 2.97. The third-order valence-electron chi connectivity index (χ3n) is 2.97. The molecule has 2 heterocycles. The maximum atomic E-state index is 11.6. The summed E-state index contributed by atoms with van der Waals surface area (Å²) in [5.74, 6) is -0.592. The van der Waals surface area contributed by atoms with Crippen LogP contribution in [0, 0.1) is 0 Å². The number of amides is 2. The summed E-state index contributed by atoms with van der Waals surface area (Å²) in [6, 6.07) is -0.783. The molecule has 1 aromatic heterocycles. The van der Waals surface area contributed by atoms with E-state index in [0.717, 1.165) is 0 Å². The number of H-pyrrole nitrogens is 1. The fourth-order valence-corrected chi connectivity index (χ4v) is 1.91. The molecule has 1 saturated heterocycles. The van der Waals surface area contributed by atoms with Crippen molar-refractivity contribution in [1.29, 1.82) is 0 Å². The first-order chi connectivity index (χ1) is 9.56. The van der Waals surface area contributed by atoms with Gasteiger partial charge in [0.15, 0.2) is 11.9 Å². The van der Waals surface area contributed by atoms with Crippen molar-refractivity contribution in [3.05, 3.63) is 5.82 Å². The van der Waals surface area contributed by atoms with E-state index in [1.54, 1.807) is 6.92 Å². The highest BCUT2D eigenvalue weighted by Gasteiger charge is 2.30. The van der Waals surface area contributed by atoms with E-state index >= 15 is 0 Å². The van der Waals surface area contributed by atoms with Gasteiger partial charge in [0.1, 0.15) is 0 Å². The molecule has 0 spiro atoms. The lowest BCUT2D eigenvalue weighted by Gasteiger charge is -2.14. The van der Waals surface area contributed by atoms with Gasteiger partial charge in [-0.2, -0.15) is 5.21 Å². The van der Waals surface area contributed by atoms with Crippen molar-refractivity contribution in [2.24, 2.45) is 0 Å². The molecule has 0 aliphatic carbocycles. The highest BCUT2D eigenvalue weighted by atomic mass is 16.5. The van der Waals surface area contributed by atoms with Gasteiger partial charge in [0.25, 0.3) is 0 Å². The van der Waals surface area contributed by atoms with Crippen LogP contribution in [0.25, 0.3) is 0 Å². The van der Waals surface area contributed by atoms with Gasteiger partial charge in [-0.1, -0.05) is 5.21 Å². The standard InChI is InChI=1S/C10H16N6O4/c1-5(8-13-15-16-14-8)12-10(19)11-4-6-2-3-7(20-6)9(17)18/h5-7H,2-4H2,1H3,(H,17,18)(H2,11,12,19)(H,13,14,15,16). The first-order valence-corrected chi connectivity index (χ1v) is 6.22. The number of aromatic amines is 1. The maximum Gasteiger partial charge on any atom is 0.332 e. The van der Waals surface area contributed by atoms with E-state index in [-0.39, 0.29) is 18.7 Å². The van der Waals surface area contributed by atoms with E-state index in [0.29, 0.717) is 18.7 Å². The summed E-state index contributed by atoms with van der Waals surface area (Å²) >= 11 is 0. The quantitative estimate of drug-likeness (QED) is 0.554. The van der Waals surface area contributed by atoms with Crippen molar-refractivity contribution in [3.63, 3.8) is 0 Å². The Bertz CT molecular complexity index is 464. The molecule has 1 aromatic rings. The van der Waals surface area contributed by atoms with E-state index in [2.05, 4.69) is 31.3 Å². The molecule has 0 radical (unpaired) electrons. The molecule has 3 atom stereocenters. The van der Waals surface area contributed by atoms with Crippen LogP contribution in [0.15, 0.2) is 0 Å². The number of aliphatic carboxylic acids is 1. The molecule has 2 rings (SSSR count). The van der Waals surface area contributed by atoms with Crippen LogP contribution < -0.4 is 10.6 Å². The molecule has 20 heavy (non-hydrogen) atoms. The average molecular weight is 284 g/mol. The molecule has 1 fully saturated rings. The fourth-order valence-electron chi connectivity index (χ4n) is 1.91. The monoisotopic (exact) mass is 284 g/mol. The number of ether oxygens (including phenoxy) is 1. The minimum Gasteiger partial charge on any atom is -0.479 e. The highest BCUT2D eigenvalue weighted by molar-refractivity contribution is 5.74. The minimum atomic E-state index is -0.970. The lowest BCUT2D eigenvalue weighted by Crippen LogP contribution is -2.41. The molecular weight excluding hydrogens is 268 g/mol. The number of aromatic nitrogens is 4. The number of hydrogen-bond donors (Lipinski definition) is 4. The normalized spacial score (nSPS) is 23.2.